The maximum absolute atomic E-state index is 15.3. The Morgan fingerprint density at radius 1 is 1.28 bits per heavy atom. The number of nitrogens with zero attached hydrogens (tertiary/aromatic N) is 2. The summed E-state index contributed by atoms with van der Waals surface area (Å²) in [6, 6.07) is 0.963. The van der Waals surface area contributed by atoms with Crippen LogP contribution >= 0.6 is 0 Å². The number of pyridine rings is 1. The molecule has 8 heteroatoms. The lowest BCUT2D eigenvalue weighted by Crippen LogP contribution is -2.35. The van der Waals surface area contributed by atoms with Crippen molar-refractivity contribution >= 4 is 34.5 Å². The van der Waals surface area contributed by atoms with E-state index in [-0.39, 0.29) is 47.1 Å². The van der Waals surface area contributed by atoms with Crippen LogP contribution in [-0.2, 0) is 4.79 Å². The van der Waals surface area contributed by atoms with Gasteiger partial charge in [0.1, 0.15) is 11.4 Å². The van der Waals surface area contributed by atoms with Crippen molar-refractivity contribution in [3.05, 3.63) is 45.5 Å². The molecule has 2 atom stereocenters. The highest BCUT2D eigenvalue weighted by molar-refractivity contribution is 6.05. The lowest BCUT2D eigenvalue weighted by Gasteiger charge is -2.26. The van der Waals surface area contributed by atoms with E-state index in [1.807, 2.05) is 6.08 Å². The number of aromatic nitrogens is 1. The molecule has 29 heavy (non-hydrogen) atoms. The lowest BCUT2D eigenvalue weighted by molar-refractivity contribution is -0.120. The molecule has 1 unspecified atom stereocenters. The molecular formula is C21H20FN3O4. The molecule has 1 saturated carbocycles. The second kappa shape index (κ2) is 6.25. The van der Waals surface area contributed by atoms with Crippen LogP contribution < -0.4 is 16.1 Å². The summed E-state index contributed by atoms with van der Waals surface area (Å²) in [5.74, 6) is -2.59. The van der Waals surface area contributed by atoms with Gasteiger partial charge in [-0.05, 0) is 31.7 Å². The second-order valence-electron chi connectivity index (χ2n) is 8.00. The number of carbonyl (C=O) groups excluding carboxylic acids is 1. The van der Waals surface area contributed by atoms with Crippen molar-refractivity contribution < 1.29 is 19.1 Å². The highest BCUT2D eigenvalue weighted by atomic mass is 19.1. The summed E-state index contributed by atoms with van der Waals surface area (Å²) in [5.41, 5.74) is 5.75. The van der Waals surface area contributed by atoms with E-state index < -0.39 is 17.2 Å². The standard InChI is InChI=1S/C21H20FN3O4/c22-16-7-14-17(24(11-4-5-11)9-15(19(14)26)21(28)29)13-3-1-2-12-6-10(8-23)20(27)25(12)18(13)16/h1,3,7,9-12H,2,4-6,8,23H2,(H,28,29)/t10-,12?/m0/s1. The molecule has 0 radical (unpaired) electrons. The molecule has 5 rings (SSSR count). The Hall–Kier alpha value is -3.00. The Morgan fingerprint density at radius 3 is 2.69 bits per heavy atom. The maximum atomic E-state index is 15.3. The van der Waals surface area contributed by atoms with E-state index in [0.717, 1.165) is 18.9 Å². The first-order chi connectivity index (χ1) is 13.9. The number of carboxylic acid groups (broad SMARTS) is 1. The number of halogens is 1. The predicted octanol–water partition coefficient (Wildman–Crippen LogP) is 2.27. The van der Waals surface area contributed by atoms with Gasteiger partial charge in [-0.1, -0.05) is 12.2 Å². The van der Waals surface area contributed by atoms with E-state index in [0.29, 0.717) is 23.9 Å². The molecule has 2 aliphatic heterocycles. The number of aromatic carboxylic acids is 1. The fourth-order valence-corrected chi connectivity index (χ4v) is 4.65. The average Bonchev–Trinajstić information content (AvgIpc) is 3.49. The summed E-state index contributed by atoms with van der Waals surface area (Å²) in [7, 11) is 0. The van der Waals surface area contributed by atoms with Crippen LogP contribution in [0.5, 0.6) is 0 Å². The minimum Gasteiger partial charge on any atom is -0.477 e. The van der Waals surface area contributed by atoms with Crippen LogP contribution in [0.1, 0.15) is 47.6 Å². The van der Waals surface area contributed by atoms with Crippen molar-refractivity contribution in [1.82, 2.24) is 4.57 Å². The lowest BCUT2D eigenvalue weighted by atomic mass is 10.0. The van der Waals surface area contributed by atoms with Crippen LogP contribution in [-0.4, -0.2) is 34.1 Å². The largest absolute Gasteiger partial charge is 0.477 e. The first kappa shape index (κ1) is 18.1. The smallest absolute Gasteiger partial charge is 0.341 e. The Kier molecular flexibility index (Phi) is 3.89. The minimum atomic E-state index is -1.34. The van der Waals surface area contributed by atoms with E-state index in [1.165, 1.54) is 11.1 Å². The number of fused-ring (bicyclic) bond motifs is 5. The Bertz CT molecular complexity index is 1160. The molecule has 1 aliphatic carbocycles. The molecule has 3 aliphatic rings. The van der Waals surface area contributed by atoms with Gasteiger partial charge in [0.15, 0.2) is 0 Å². The molecule has 1 saturated heterocycles. The van der Waals surface area contributed by atoms with Gasteiger partial charge in [0.05, 0.1) is 22.5 Å². The summed E-state index contributed by atoms with van der Waals surface area (Å²) in [6.45, 7) is 0.203. The Balaban J connectivity index is 1.86. The molecular weight excluding hydrogens is 377 g/mol. The summed E-state index contributed by atoms with van der Waals surface area (Å²) in [5, 5.41) is 9.46. The van der Waals surface area contributed by atoms with E-state index in [1.54, 1.807) is 10.6 Å². The van der Waals surface area contributed by atoms with Crippen molar-refractivity contribution in [3.63, 3.8) is 0 Å². The molecule has 150 valence electrons. The van der Waals surface area contributed by atoms with Gasteiger partial charge in [-0.25, -0.2) is 9.18 Å². The van der Waals surface area contributed by atoms with E-state index in [2.05, 4.69) is 0 Å². The van der Waals surface area contributed by atoms with Gasteiger partial charge >= 0.3 is 5.97 Å². The molecule has 0 spiro atoms. The summed E-state index contributed by atoms with van der Waals surface area (Å²) in [6.07, 6.45) is 7.83. The van der Waals surface area contributed by atoms with Crippen LogP contribution in [0.4, 0.5) is 10.1 Å². The summed E-state index contributed by atoms with van der Waals surface area (Å²) >= 11 is 0. The molecule has 2 aromatic rings. The molecule has 3 heterocycles. The fourth-order valence-electron chi connectivity index (χ4n) is 4.65. The molecule has 1 aromatic heterocycles. The number of carboxylic acids is 1. The zero-order chi connectivity index (χ0) is 20.4. The predicted molar refractivity (Wildman–Crippen MR) is 105 cm³/mol. The van der Waals surface area contributed by atoms with Gasteiger partial charge in [-0.2, -0.15) is 0 Å². The van der Waals surface area contributed by atoms with Gasteiger partial charge in [0.2, 0.25) is 11.3 Å². The molecule has 0 bridgehead atoms. The van der Waals surface area contributed by atoms with Crippen molar-refractivity contribution in [3.8, 4) is 0 Å². The molecule has 1 aromatic carbocycles. The number of rotatable bonds is 3. The number of hydrogen-bond acceptors (Lipinski definition) is 4. The monoisotopic (exact) mass is 397 g/mol. The quantitative estimate of drug-likeness (QED) is 0.827. The summed E-state index contributed by atoms with van der Waals surface area (Å²) < 4.78 is 17.1. The number of nitrogens with two attached hydrogens (primary N) is 1. The van der Waals surface area contributed by atoms with Gasteiger partial charge < -0.3 is 20.3 Å². The van der Waals surface area contributed by atoms with Crippen molar-refractivity contribution in [1.29, 1.82) is 0 Å². The number of anilines is 1. The van der Waals surface area contributed by atoms with Gasteiger partial charge in [0.25, 0.3) is 0 Å². The first-order valence-corrected chi connectivity index (χ1v) is 9.76. The normalized spacial score (nSPS) is 23.2. The zero-order valence-electron chi connectivity index (χ0n) is 15.6. The maximum Gasteiger partial charge on any atom is 0.341 e. The highest BCUT2D eigenvalue weighted by Gasteiger charge is 2.42. The van der Waals surface area contributed by atoms with E-state index >= 15 is 4.39 Å². The first-order valence-electron chi connectivity index (χ1n) is 9.76. The SMILES string of the molecule is NC[C@@H]1CC2CC=Cc3c(c(F)cc4c(=O)c(C(=O)O)cn(C5CC5)c34)N2C1=O. The number of benzene rings is 1. The second-order valence-corrected chi connectivity index (χ2v) is 8.00. The van der Waals surface area contributed by atoms with Gasteiger partial charge in [-0.3, -0.25) is 9.59 Å². The third-order valence-corrected chi connectivity index (χ3v) is 6.18. The van der Waals surface area contributed by atoms with Crippen LogP contribution in [0.3, 0.4) is 0 Å². The van der Waals surface area contributed by atoms with E-state index in [9.17, 15) is 19.5 Å². The number of hydrogen-bond donors (Lipinski definition) is 2. The average molecular weight is 397 g/mol. The Morgan fingerprint density at radius 2 is 2.03 bits per heavy atom. The van der Waals surface area contributed by atoms with Gasteiger partial charge in [-0.15, -0.1) is 0 Å². The van der Waals surface area contributed by atoms with Crippen LogP contribution in [0.2, 0.25) is 0 Å². The highest BCUT2D eigenvalue weighted by Crippen LogP contribution is 2.44. The van der Waals surface area contributed by atoms with Crippen LogP contribution in [0.25, 0.3) is 17.0 Å². The third kappa shape index (κ3) is 2.55. The topological polar surface area (TPSA) is 106 Å². The minimum absolute atomic E-state index is 0.0261. The zero-order valence-corrected chi connectivity index (χ0v) is 15.6. The van der Waals surface area contributed by atoms with Crippen LogP contribution in [0, 0.1) is 11.7 Å². The molecule has 7 nitrogen and oxygen atoms in total. The molecule has 1 amide bonds. The summed E-state index contributed by atoms with van der Waals surface area (Å²) in [4.78, 5) is 38.8. The number of amides is 1. The van der Waals surface area contributed by atoms with Crippen molar-refractivity contribution in [2.24, 2.45) is 11.7 Å². The fraction of sp³-hybridized carbons (Fsp3) is 0.381. The third-order valence-electron chi connectivity index (χ3n) is 6.18. The van der Waals surface area contributed by atoms with E-state index in [4.69, 9.17) is 5.73 Å². The van der Waals surface area contributed by atoms with Crippen molar-refractivity contribution in [2.75, 3.05) is 11.4 Å². The van der Waals surface area contributed by atoms with Gasteiger partial charge in [0, 0.05) is 30.4 Å². The Labute approximate surface area is 165 Å². The molecule has 2 fully saturated rings. The number of carbonyl (C=O) groups is 2. The van der Waals surface area contributed by atoms with Crippen LogP contribution in [0.15, 0.2) is 23.1 Å². The van der Waals surface area contributed by atoms with Crippen molar-refractivity contribution in [2.45, 2.75) is 37.8 Å². The molecule has 3 N–H and O–H groups in total.